The Morgan fingerprint density at radius 2 is 2.08 bits per heavy atom. The summed E-state index contributed by atoms with van der Waals surface area (Å²) >= 11 is 0. The number of hydrogen-bond donors (Lipinski definition) is 0. The zero-order chi connectivity index (χ0) is 9.19. The quantitative estimate of drug-likeness (QED) is 0.676. The van der Waals surface area contributed by atoms with Gasteiger partial charge in [0.2, 0.25) is 0 Å². The summed E-state index contributed by atoms with van der Waals surface area (Å²) in [6, 6.07) is 2.01. The van der Waals surface area contributed by atoms with E-state index in [0.717, 1.165) is 24.3 Å². The minimum absolute atomic E-state index is 0.382. The Bertz CT molecular complexity index is 245. The predicted octanol–water partition coefficient (Wildman–Crippen LogP) is 2.96. The first-order chi connectivity index (χ1) is 5.47. The van der Waals surface area contributed by atoms with E-state index in [1.807, 2.05) is 13.0 Å². The number of nitrogens with zero attached hydrogens (tertiary/aromatic N) is 1. The van der Waals surface area contributed by atoms with Gasteiger partial charge >= 0.3 is 0 Å². The van der Waals surface area contributed by atoms with Crippen molar-refractivity contribution in [2.45, 2.75) is 40.5 Å². The molecule has 0 saturated heterocycles. The highest BCUT2D eigenvalue weighted by Crippen LogP contribution is 2.21. The predicted molar refractivity (Wildman–Crippen MR) is 49.0 cm³/mol. The Morgan fingerprint density at radius 1 is 1.42 bits per heavy atom. The van der Waals surface area contributed by atoms with Crippen LogP contribution in [-0.4, -0.2) is 5.16 Å². The lowest BCUT2D eigenvalue weighted by Gasteiger charge is -2.16. The lowest BCUT2D eigenvalue weighted by Crippen LogP contribution is -2.06. The van der Waals surface area contributed by atoms with E-state index in [0.29, 0.717) is 5.41 Å². The smallest absolute Gasteiger partial charge is 0.133 e. The van der Waals surface area contributed by atoms with E-state index in [9.17, 15) is 0 Å². The van der Waals surface area contributed by atoms with Gasteiger partial charge in [-0.1, -0.05) is 25.9 Å². The standard InChI is InChI=1S/C10H17NO/c1-8-7-9(11-12-8)5-6-10(2,3)4/h7H,5-6H2,1-4H3. The van der Waals surface area contributed by atoms with Gasteiger partial charge in [0.1, 0.15) is 5.76 Å². The summed E-state index contributed by atoms with van der Waals surface area (Å²) in [6.45, 7) is 8.63. The molecule has 0 amide bonds. The third-order valence-corrected chi connectivity index (χ3v) is 1.81. The largest absolute Gasteiger partial charge is 0.361 e. The van der Waals surface area contributed by atoms with Crippen LogP contribution in [0.15, 0.2) is 10.6 Å². The fourth-order valence-electron chi connectivity index (χ4n) is 1.04. The Hall–Kier alpha value is -0.790. The molecular formula is C10H17NO. The van der Waals surface area contributed by atoms with Crippen LogP contribution in [-0.2, 0) is 6.42 Å². The minimum Gasteiger partial charge on any atom is -0.361 e. The Kier molecular flexibility index (Phi) is 2.55. The maximum atomic E-state index is 4.98. The van der Waals surface area contributed by atoms with E-state index in [-0.39, 0.29) is 0 Å². The van der Waals surface area contributed by atoms with Crippen molar-refractivity contribution in [1.82, 2.24) is 5.16 Å². The van der Waals surface area contributed by atoms with E-state index in [4.69, 9.17) is 4.52 Å². The van der Waals surface area contributed by atoms with Crippen molar-refractivity contribution in [2.24, 2.45) is 5.41 Å². The highest BCUT2D eigenvalue weighted by atomic mass is 16.5. The van der Waals surface area contributed by atoms with Crippen LogP contribution in [0.25, 0.3) is 0 Å². The molecule has 1 aromatic rings. The first-order valence-corrected chi connectivity index (χ1v) is 4.39. The molecule has 0 aliphatic carbocycles. The molecule has 0 N–H and O–H groups in total. The second-order valence-electron chi connectivity index (χ2n) is 4.49. The topological polar surface area (TPSA) is 26.0 Å². The molecule has 2 heteroatoms. The van der Waals surface area contributed by atoms with Crippen molar-refractivity contribution in [2.75, 3.05) is 0 Å². The maximum Gasteiger partial charge on any atom is 0.133 e. The van der Waals surface area contributed by atoms with Crippen molar-refractivity contribution in [1.29, 1.82) is 0 Å². The highest BCUT2D eigenvalue weighted by molar-refractivity contribution is 5.03. The molecule has 1 aromatic heterocycles. The molecule has 0 unspecified atom stereocenters. The van der Waals surface area contributed by atoms with Crippen molar-refractivity contribution < 1.29 is 4.52 Å². The van der Waals surface area contributed by atoms with Crippen molar-refractivity contribution >= 4 is 0 Å². The zero-order valence-electron chi connectivity index (χ0n) is 8.35. The third-order valence-electron chi connectivity index (χ3n) is 1.81. The molecule has 0 aromatic carbocycles. The van der Waals surface area contributed by atoms with Crippen LogP contribution in [0.3, 0.4) is 0 Å². The summed E-state index contributed by atoms with van der Waals surface area (Å²) in [7, 11) is 0. The van der Waals surface area contributed by atoms with Crippen LogP contribution in [0.2, 0.25) is 0 Å². The number of aryl methyl sites for hydroxylation is 2. The minimum atomic E-state index is 0.382. The van der Waals surface area contributed by atoms with Gasteiger partial charge in [-0.05, 0) is 25.2 Å². The summed E-state index contributed by atoms with van der Waals surface area (Å²) in [5, 5.41) is 3.94. The monoisotopic (exact) mass is 167 g/mol. The third kappa shape index (κ3) is 3.07. The Balaban J connectivity index is 2.44. The maximum absolute atomic E-state index is 4.98. The van der Waals surface area contributed by atoms with Crippen LogP contribution in [0.5, 0.6) is 0 Å². The van der Waals surface area contributed by atoms with E-state index in [1.54, 1.807) is 0 Å². The molecule has 0 radical (unpaired) electrons. The molecule has 2 nitrogen and oxygen atoms in total. The Labute approximate surface area is 74.0 Å². The molecule has 0 aliphatic heterocycles. The average Bonchev–Trinajstić information content (AvgIpc) is 2.30. The van der Waals surface area contributed by atoms with Crippen LogP contribution < -0.4 is 0 Å². The van der Waals surface area contributed by atoms with Gasteiger partial charge in [-0.3, -0.25) is 0 Å². The summed E-state index contributed by atoms with van der Waals surface area (Å²) in [5.41, 5.74) is 1.45. The summed E-state index contributed by atoms with van der Waals surface area (Å²) in [6.07, 6.45) is 2.17. The van der Waals surface area contributed by atoms with E-state index >= 15 is 0 Å². The van der Waals surface area contributed by atoms with Gasteiger partial charge in [-0.15, -0.1) is 0 Å². The number of hydrogen-bond acceptors (Lipinski definition) is 2. The van der Waals surface area contributed by atoms with Gasteiger partial charge in [0, 0.05) is 6.07 Å². The van der Waals surface area contributed by atoms with Gasteiger partial charge in [0.05, 0.1) is 5.69 Å². The Morgan fingerprint density at radius 3 is 2.50 bits per heavy atom. The van der Waals surface area contributed by atoms with E-state index in [2.05, 4.69) is 25.9 Å². The van der Waals surface area contributed by atoms with Crippen molar-refractivity contribution in [3.05, 3.63) is 17.5 Å². The molecule has 0 fully saturated rings. The van der Waals surface area contributed by atoms with Crippen LogP contribution in [0.1, 0.15) is 38.6 Å². The first-order valence-electron chi connectivity index (χ1n) is 4.39. The SMILES string of the molecule is Cc1cc(CCC(C)(C)C)no1. The van der Waals surface area contributed by atoms with Crippen LogP contribution >= 0.6 is 0 Å². The molecule has 68 valence electrons. The van der Waals surface area contributed by atoms with E-state index in [1.165, 1.54) is 0 Å². The fourth-order valence-corrected chi connectivity index (χ4v) is 1.04. The molecular weight excluding hydrogens is 150 g/mol. The van der Waals surface area contributed by atoms with Crippen molar-refractivity contribution in [3.8, 4) is 0 Å². The second kappa shape index (κ2) is 3.30. The van der Waals surface area contributed by atoms with Crippen molar-refractivity contribution in [3.63, 3.8) is 0 Å². The molecule has 0 aliphatic rings. The van der Waals surface area contributed by atoms with Gasteiger partial charge in [0.15, 0.2) is 0 Å². The molecule has 0 bridgehead atoms. The highest BCUT2D eigenvalue weighted by Gasteiger charge is 2.11. The molecule has 0 saturated carbocycles. The molecule has 12 heavy (non-hydrogen) atoms. The second-order valence-corrected chi connectivity index (χ2v) is 4.49. The molecule has 0 atom stereocenters. The van der Waals surface area contributed by atoms with Gasteiger partial charge in [-0.25, -0.2) is 0 Å². The number of rotatable bonds is 2. The fraction of sp³-hybridized carbons (Fsp3) is 0.700. The molecule has 0 spiro atoms. The summed E-state index contributed by atoms with van der Waals surface area (Å²) in [4.78, 5) is 0. The summed E-state index contributed by atoms with van der Waals surface area (Å²) < 4.78 is 4.98. The normalized spacial score (nSPS) is 12.0. The zero-order valence-corrected chi connectivity index (χ0v) is 8.35. The molecule has 1 rings (SSSR count). The lowest BCUT2D eigenvalue weighted by atomic mass is 9.90. The van der Waals surface area contributed by atoms with Gasteiger partial charge in [0.25, 0.3) is 0 Å². The van der Waals surface area contributed by atoms with Crippen LogP contribution in [0, 0.1) is 12.3 Å². The lowest BCUT2D eigenvalue weighted by molar-refractivity contribution is 0.360. The van der Waals surface area contributed by atoms with Crippen LogP contribution in [0.4, 0.5) is 0 Å². The average molecular weight is 167 g/mol. The van der Waals surface area contributed by atoms with Gasteiger partial charge < -0.3 is 4.52 Å². The first kappa shape index (κ1) is 9.30. The number of aromatic nitrogens is 1. The van der Waals surface area contributed by atoms with E-state index < -0.39 is 0 Å². The molecule has 1 heterocycles. The van der Waals surface area contributed by atoms with Gasteiger partial charge in [-0.2, -0.15) is 0 Å². The summed E-state index contributed by atoms with van der Waals surface area (Å²) in [5.74, 6) is 0.902.